The van der Waals surface area contributed by atoms with Gasteiger partial charge in [0.25, 0.3) is 0 Å². The van der Waals surface area contributed by atoms with Crippen LogP contribution in [0.5, 0.6) is 11.5 Å². The Balaban J connectivity index is 2.25. The number of halogens is 3. The molecule has 7 nitrogen and oxygen atoms in total. The first-order valence-electron chi connectivity index (χ1n) is 9.27. The van der Waals surface area contributed by atoms with Gasteiger partial charge in [-0.05, 0) is 29.8 Å². The Kier molecular flexibility index (Phi) is 8.12. The zero-order valence-corrected chi connectivity index (χ0v) is 17.7. The molecule has 0 aliphatic heterocycles. The number of rotatable bonds is 7. The first-order chi connectivity index (χ1) is 14.6. The smallest absolute Gasteiger partial charge is 0.416 e. The lowest BCUT2D eigenvalue weighted by Gasteiger charge is -2.16. The zero-order valence-electron chi connectivity index (χ0n) is 17.7. The first-order valence-corrected chi connectivity index (χ1v) is 9.27. The number of anilines is 1. The number of benzene rings is 2. The molecule has 1 amide bonds. The summed E-state index contributed by atoms with van der Waals surface area (Å²) in [6.07, 6.45) is -4.43. The fourth-order valence-electron chi connectivity index (χ4n) is 2.52. The molecule has 2 rings (SSSR count). The monoisotopic (exact) mass is 438 g/mol. The van der Waals surface area contributed by atoms with E-state index < -0.39 is 11.7 Å². The summed E-state index contributed by atoms with van der Waals surface area (Å²) in [5.74, 6) is 1.04. The molecule has 0 heterocycles. The fraction of sp³-hybridized carbons (Fsp3) is 0.333. The highest BCUT2D eigenvalue weighted by molar-refractivity contribution is 5.96. The third kappa shape index (κ3) is 7.09. The number of ether oxygens (including phenoxy) is 2. The third-order valence-electron chi connectivity index (χ3n) is 4.23. The summed E-state index contributed by atoms with van der Waals surface area (Å²) in [7, 11) is 6.25. The van der Waals surface area contributed by atoms with E-state index in [4.69, 9.17) is 9.47 Å². The van der Waals surface area contributed by atoms with Crippen molar-refractivity contribution in [3.63, 3.8) is 0 Å². The van der Waals surface area contributed by atoms with Gasteiger partial charge in [-0.1, -0.05) is 12.1 Å². The van der Waals surface area contributed by atoms with Crippen LogP contribution in [-0.4, -0.2) is 51.6 Å². The summed E-state index contributed by atoms with van der Waals surface area (Å²) in [4.78, 5) is 17.7. The van der Waals surface area contributed by atoms with Crippen LogP contribution in [0.3, 0.4) is 0 Å². The molecule has 2 aromatic carbocycles. The van der Waals surface area contributed by atoms with Crippen LogP contribution in [0.2, 0.25) is 0 Å². The second kappa shape index (κ2) is 10.6. The van der Waals surface area contributed by atoms with E-state index in [2.05, 4.69) is 15.6 Å². The predicted octanol–water partition coefficient (Wildman–Crippen LogP) is 3.37. The van der Waals surface area contributed by atoms with E-state index >= 15 is 0 Å². The van der Waals surface area contributed by atoms with Crippen LogP contribution in [-0.2, 0) is 17.5 Å². The van der Waals surface area contributed by atoms with Crippen molar-refractivity contribution in [2.75, 3.05) is 40.2 Å². The minimum atomic E-state index is -4.43. The number of aliphatic imine (C=N–C) groups is 1. The molecule has 0 atom stereocenters. The molecular weight excluding hydrogens is 413 g/mol. The summed E-state index contributed by atoms with van der Waals surface area (Å²) < 4.78 is 49.3. The van der Waals surface area contributed by atoms with Crippen molar-refractivity contribution in [3.8, 4) is 11.5 Å². The summed E-state index contributed by atoms with van der Waals surface area (Å²) in [5, 5.41) is 5.91. The molecule has 168 valence electrons. The van der Waals surface area contributed by atoms with Crippen molar-refractivity contribution < 1.29 is 27.4 Å². The molecule has 0 spiro atoms. The number of likely N-dealkylation sites (N-methyl/N-ethyl adjacent to an activating group) is 1. The molecule has 0 aromatic heterocycles. The van der Waals surface area contributed by atoms with Crippen LogP contribution in [0.4, 0.5) is 18.9 Å². The van der Waals surface area contributed by atoms with E-state index in [1.165, 1.54) is 25.2 Å². The number of carbonyl (C=O) groups excluding carboxylic acids is 1. The molecular formula is C21H25F3N4O3. The molecule has 2 N–H and O–H groups in total. The zero-order chi connectivity index (χ0) is 23.0. The maximum absolute atomic E-state index is 12.9. The van der Waals surface area contributed by atoms with Crippen molar-refractivity contribution in [3.05, 3.63) is 53.6 Å². The van der Waals surface area contributed by atoms with E-state index in [0.717, 1.165) is 12.1 Å². The lowest BCUT2D eigenvalue weighted by Crippen LogP contribution is -2.39. The van der Waals surface area contributed by atoms with Gasteiger partial charge in [0.1, 0.15) is 0 Å². The standard InChI is InChI=1S/C21H25F3N4O3/c1-28(2)19(29)13-26-20(27-16-8-9-17(30-3)18(11-16)31-4)25-12-14-6-5-7-15(10-14)21(22,23)24/h5-11H,12-13H2,1-4H3,(H2,25,26,27). The van der Waals surface area contributed by atoms with Crippen molar-refractivity contribution in [2.45, 2.75) is 12.7 Å². The highest BCUT2D eigenvalue weighted by atomic mass is 19.4. The van der Waals surface area contributed by atoms with Crippen molar-refractivity contribution >= 4 is 17.6 Å². The summed E-state index contributed by atoms with van der Waals surface area (Å²) >= 11 is 0. The molecule has 0 saturated heterocycles. The number of hydrogen-bond acceptors (Lipinski definition) is 4. The molecule has 0 bridgehead atoms. The van der Waals surface area contributed by atoms with Gasteiger partial charge in [-0.15, -0.1) is 0 Å². The minimum Gasteiger partial charge on any atom is -0.493 e. The van der Waals surface area contributed by atoms with Crippen LogP contribution >= 0.6 is 0 Å². The second-order valence-corrected chi connectivity index (χ2v) is 6.70. The van der Waals surface area contributed by atoms with E-state index in [9.17, 15) is 18.0 Å². The summed E-state index contributed by atoms with van der Waals surface area (Å²) in [6.45, 7) is -0.0720. The Morgan fingerprint density at radius 2 is 1.77 bits per heavy atom. The lowest BCUT2D eigenvalue weighted by molar-refractivity contribution is -0.137. The second-order valence-electron chi connectivity index (χ2n) is 6.70. The van der Waals surface area contributed by atoms with Gasteiger partial charge in [0, 0.05) is 25.8 Å². The van der Waals surface area contributed by atoms with E-state index in [-0.39, 0.29) is 25.0 Å². The van der Waals surface area contributed by atoms with Crippen molar-refractivity contribution in [2.24, 2.45) is 4.99 Å². The molecule has 0 radical (unpaired) electrons. The Morgan fingerprint density at radius 3 is 2.39 bits per heavy atom. The van der Waals surface area contributed by atoms with Crippen LogP contribution < -0.4 is 20.1 Å². The molecule has 0 unspecified atom stereocenters. The molecule has 0 aliphatic rings. The first kappa shape index (κ1) is 23.8. The number of carbonyl (C=O) groups is 1. The van der Waals surface area contributed by atoms with Gasteiger partial charge in [-0.3, -0.25) is 4.79 Å². The van der Waals surface area contributed by atoms with Crippen LogP contribution in [0.15, 0.2) is 47.5 Å². The maximum Gasteiger partial charge on any atom is 0.416 e. The topological polar surface area (TPSA) is 75.2 Å². The van der Waals surface area contributed by atoms with E-state index in [1.807, 2.05) is 0 Å². The Labute approximate surface area is 178 Å². The number of nitrogens with zero attached hydrogens (tertiary/aromatic N) is 2. The predicted molar refractivity (Wildman–Crippen MR) is 112 cm³/mol. The molecule has 2 aromatic rings. The number of nitrogens with one attached hydrogen (secondary N) is 2. The lowest BCUT2D eigenvalue weighted by atomic mass is 10.1. The molecule has 31 heavy (non-hydrogen) atoms. The van der Waals surface area contributed by atoms with Gasteiger partial charge in [0.15, 0.2) is 17.5 Å². The van der Waals surface area contributed by atoms with Gasteiger partial charge < -0.3 is 25.0 Å². The van der Waals surface area contributed by atoms with Gasteiger partial charge >= 0.3 is 6.18 Å². The fourth-order valence-corrected chi connectivity index (χ4v) is 2.52. The molecule has 0 fully saturated rings. The van der Waals surface area contributed by atoms with Gasteiger partial charge in [0.2, 0.25) is 5.91 Å². The molecule has 0 aliphatic carbocycles. The van der Waals surface area contributed by atoms with Gasteiger partial charge in [-0.25, -0.2) is 4.99 Å². The highest BCUT2D eigenvalue weighted by Gasteiger charge is 2.30. The van der Waals surface area contributed by atoms with E-state index in [0.29, 0.717) is 22.7 Å². The van der Waals surface area contributed by atoms with Crippen molar-refractivity contribution in [1.82, 2.24) is 10.2 Å². The van der Waals surface area contributed by atoms with Crippen LogP contribution in [0.25, 0.3) is 0 Å². The summed E-state index contributed by atoms with van der Waals surface area (Å²) in [5.41, 5.74) is 0.220. The summed E-state index contributed by atoms with van der Waals surface area (Å²) in [6, 6.07) is 10.0. The Bertz CT molecular complexity index is 930. The molecule has 0 saturated carbocycles. The number of amides is 1. The van der Waals surface area contributed by atoms with E-state index in [1.54, 1.807) is 38.4 Å². The number of guanidine groups is 1. The largest absolute Gasteiger partial charge is 0.493 e. The van der Waals surface area contributed by atoms with Crippen LogP contribution in [0, 0.1) is 0 Å². The van der Waals surface area contributed by atoms with Gasteiger partial charge in [-0.2, -0.15) is 13.2 Å². The average molecular weight is 438 g/mol. The van der Waals surface area contributed by atoms with Crippen LogP contribution in [0.1, 0.15) is 11.1 Å². The Morgan fingerprint density at radius 1 is 1.06 bits per heavy atom. The maximum atomic E-state index is 12.9. The molecule has 10 heteroatoms. The average Bonchev–Trinajstić information content (AvgIpc) is 2.74. The highest BCUT2D eigenvalue weighted by Crippen LogP contribution is 2.30. The minimum absolute atomic E-state index is 0.0251. The van der Waals surface area contributed by atoms with Crippen molar-refractivity contribution in [1.29, 1.82) is 0 Å². The van der Waals surface area contributed by atoms with Gasteiger partial charge in [0.05, 0.1) is 32.9 Å². The quantitative estimate of drug-likeness (QED) is 0.512. The Hall–Kier alpha value is -3.43. The SMILES string of the molecule is COc1ccc(NC(=NCc2cccc(C(F)(F)F)c2)NCC(=O)N(C)C)cc1OC. The number of methoxy groups -OCH3 is 2. The third-order valence-corrected chi connectivity index (χ3v) is 4.23. The normalized spacial score (nSPS) is 11.6. The number of alkyl halides is 3. The number of hydrogen-bond donors (Lipinski definition) is 2.